The van der Waals surface area contributed by atoms with Crippen molar-refractivity contribution in [1.82, 2.24) is 4.98 Å². The summed E-state index contributed by atoms with van der Waals surface area (Å²) in [6.45, 7) is 1.14. The number of alkyl halides is 3. The number of sulfonamides is 1. The van der Waals surface area contributed by atoms with E-state index in [0.717, 1.165) is 20.1 Å². The molecule has 0 aliphatic heterocycles. The zero-order valence-corrected chi connectivity index (χ0v) is 10.1. The van der Waals surface area contributed by atoms with Gasteiger partial charge in [0, 0.05) is 6.07 Å². The zero-order valence-electron chi connectivity index (χ0n) is 9.28. The topological polar surface area (TPSA) is 91.5 Å². The van der Waals surface area contributed by atoms with Crippen LogP contribution in [0.2, 0.25) is 0 Å². The molecular formula is C8H9F3N2O4S. The van der Waals surface area contributed by atoms with E-state index in [0.29, 0.717) is 0 Å². The highest BCUT2D eigenvalue weighted by molar-refractivity contribution is 7.89. The number of aryl methyl sites for hydroxylation is 1. The Bertz CT molecular complexity index is 556. The van der Waals surface area contributed by atoms with E-state index in [1.165, 1.54) is 0 Å². The molecule has 0 aromatic carbocycles. The van der Waals surface area contributed by atoms with Gasteiger partial charge in [-0.05, 0) is 6.92 Å². The van der Waals surface area contributed by atoms with Crippen molar-refractivity contribution in [2.75, 3.05) is 7.11 Å². The van der Waals surface area contributed by atoms with E-state index < -0.39 is 32.9 Å². The summed E-state index contributed by atoms with van der Waals surface area (Å²) >= 11 is 0. The third-order valence-electron chi connectivity index (χ3n) is 1.81. The lowest BCUT2D eigenvalue weighted by molar-refractivity contribution is -0.275. The van der Waals surface area contributed by atoms with Gasteiger partial charge in [0.1, 0.15) is 0 Å². The van der Waals surface area contributed by atoms with Crippen LogP contribution in [0.4, 0.5) is 13.2 Å². The van der Waals surface area contributed by atoms with Gasteiger partial charge in [0.2, 0.25) is 0 Å². The first kappa shape index (κ1) is 14.5. The maximum atomic E-state index is 12.1. The molecule has 0 bridgehead atoms. The van der Waals surface area contributed by atoms with Gasteiger partial charge in [-0.25, -0.2) is 18.5 Å². The largest absolute Gasteiger partial charge is 0.573 e. The molecule has 0 unspecified atom stereocenters. The van der Waals surface area contributed by atoms with Crippen LogP contribution < -0.4 is 14.6 Å². The standard InChI is InChI=1S/C8H9F3N2O4S/c1-4-7(17-8(9,10)11)5(16-2)3-6(13-4)18(12,14)15/h3H,1-2H3,(H2,12,14,15). The van der Waals surface area contributed by atoms with Crippen molar-refractivity contribution < 1.29 is 31.1 Å². The second-order valence-corrected chi connectivity index (χ2v) is 4.68. The fraction of sp³-hybridized carbons (Fsp3) is 0.375. The van der Waals surface area contributed by atoms with Gasteiger partial charge in [0.25, 0.3) is 10.0 Å². The second-order valence-electron chi connectivity index (χ2n) is 3.17. The molecule has 0 fully saturated rings. The Balaban J connectivity index is 3.38. The number of hydrogen-bond donors (Lipinski definition) is 1. The minimum Gasteiger partial charge on any atom is -0.493 e. The summed E-state index contributed by atoms with van der Waals surface area (Å²) in [5.74, 6) is -1.14. The van der Waals surface area contributed by atoms with Gasteiger partial charge >= 0.3 is 6.36 Å². The van der Waals surface area contributed by atoms with Gasteiger partial charge in [0.15, 0.2) is 16.5 Å². The average molecular weight is 286 g/mol. The minimum absolute atomic E-state index is 0.310. The monoisotopic (exact) mass is 286 g/mol. The average Bonchev–Trinajstić information content (AvgIpc) is 2.17. The Morgan fingerprint density at radius 2 is 1.94 bits per heavy atom. The van der Waals surface area contributed by atoms with Gasteiger partial charge in [-0.1, -0.05) is 0 Å². The summed E-state index contributed by atoms with van der Waals surface area (Å²) < 4.78 is 66.8. The predicted molar refractivity (Wildman–Crippen MR) is 53.6 cm³/mol. The van der Waals surface area contributed by atoms with Crippen LogP contribution in [0.1, 0.15) is 5.69 Å². The fourth-order valence-electron chi connectivity index (χ4n) is 1.14. The summed E-state index contributed by atoms with van der Waals surface area (Å²) in [6, 6.07) is 0.753. The molecule has 2 N–H and O–H groups in total. The first-order valence-corrected chi connectivity index (χ1v) is 5.93. The van der Waals surface area contributed by atoms with Crippen LogP contribution in [-0.2, 0) is 10.0 Å². The van der Waals surface area contributed by atoms with Crippen molar-refractivity contribution in [3.05, 3.63) is 11.8 Å². The number of ether oxygens (including phenoxy) is 2. The highest BCUT2D eigenvalue weighted by atomic mass is 32.2. The summed E-state index contributed by atoms with van der Waals surface area (Å²) in [5, 5.41) is 4.21. The quantitative estimate of drug-likeness (QED) is 0.893. The van der Waals surface area contributed by atoms with Crippen LogP contribution in [0.5, 0.6) is 11.5 Å². The molecule has 10 heteroatoms. The van der Waals surface area contributed by atoms with Crippen molar-refractivity contribution in [3.8, 4) is 11.5 Å². The molecule has 102 valence electrons. The van der Waals surface area contributed by atoms with Gasteiger partial charge in [-0.3, -0.25) is 0 Å². The van der Waals surface area contributed by atoms with Crippen LogP contribution in [0, 0.1) is 6.92 Å². The van der Waals surface area contributed by atoms with Crippen LogP contribution >= 0.6 is 0 Å². The molecule has 0 aliphatic carbocycles. The van der Waals surface area contributed by atoms with E-state index in [-0.39, 0.29) is 5.69 Å². The Hall–Kier alpha value is -1.55. The lowest BCUT2D eigenvalue weighted by Gasteiger charge is -2.14. The lowest BCUT2D eigenvalue weighted by atomic mass is 10.3. The van der Waals surface area contributed by atoms with Gasteiger partial charge < -0.3 is 9.47 Å². The minimum atomic E-state index is -4.94. The normalized spacial score (nSPS) is 12.3. The summed E-state index contributed by atoms with van der Waals surface area (Å²) in [5.41, 5.74) is -0.310. The number of halogens is 3. The van der Waals surface area contributed by atoms with Crippen molar-refractivity contribution in [2.24, 2.45) is 5.14 Å². The molecule has 1 heterocycles. The molecule has 1 aromatic rings. The molecular weight excluding hydrogens is 277 g/mol. The van der Waals surface area contributed by atoms with Gasteiger partial charge in [-0.2, -0.15) is 0 Å². The third-order valence-corrected chi connectivity index (χ3v) is 2.61. The Morgan fingerprint density at radius 3 is 2.33 bits per heavy atom. The molecule has 0 saturated carbocycles. The van der Waals surface area contributed by atoms with Crippen LogP contribution in [-0.4, -0.2) is 26.9 Å². The van der Waals surface area contributed by atoms with E-state index in [2.05, 4.69) is 14.5 Å². The highest BCUT2D eigenvalue weighted by Gasteiger charge is 2.34. The van der Waals surface area contributed by atoms with E-state index in [1.54, 1.807) is 0 Å². The number of pyridine rings is 1. The molecule has 0 radical (unpaired) electrons. The summed E-state index contributed by atoms with van der Waals surface area (Å²) in [6.07, 6.45) is -4.94. The molecule has 18 heavy (non-hydrogen) atoms. The Labute approximate surface area is 101 Å². The number of methoxy groups -OCH3 is 1. The lowest BCUT2D eigenvalue weighted by Crippen LogP contribution is -2.20. The number of primary sulfonamides is 1. The van der Waals surface area contributed by atoms with E-state index in [4.69, 9.17) is 5.14 Å². The van der Waals surface area contributed by atoms with Crippen LogP contribution in [0.15, 0.2) is 11.1 Å². The van der Waals surface area contributed by atoms with Crippen LogP contribution in [0.3, 0.4) is 0 Å². The molecule has 6 nitrogen and oxygen atoms in total. The maximum absolute atomic E-state index is 12.1. The molecule has 1 aromatic heterocycles. The van der Waals surface area contributed by atoms with Crippen molar-refractivity contribution in [3.63, 3.8) is 0 Å². The first-order valence-electron chi connectivity index (χ1n) is 4.39. The van der Waals surface area contributed by atoms with E-state index >= 15 is 0 Å². The van der Waals surface area contributed by atoms with Crippen molar-refractivity contribution >= 4 is 10.0 Å². The molecule has 0 amide bonds. The smallest absolute Gasteiger partial charge is 0.493 e. The third kappa shape index (κ3) is 3.47. The molecule has 1 rings (SSSR count). The molecule has 0 spiro atoms. The molecule has 0 saturated heterocycles. The maximum Gasteiger partial charge on any atom is 0.573 e. The first-order chi connectivity index (χ1) is 8.04. The molecule has 0 aliphatic rings. The summed E-state index contributed by atoms with van der Waals surface area (Å²) in [7, 11) is -3.09. The SMILES string of the molecule is COc1cc(S(N)(=O)=O)nc(C)c1OC(F)(F)F. The zero-order chi connectivity index (χ0) is 14.1. The number of nitrogens with zero attached hydrogens (tertiary/aromatic N) is 1. The number of aromatic nitrogens is 1. The van der Waals surface area contributed by atoms with E-state index in [1.807, 2.05) is 0 Å². The highest BCUT2D eigenvalue weighted by Crippen LogP contribution is 2.35. The van der Waals surface area contributed by atoms with Gasteiger partial charge in [0.05, 0.1) is 12.8 Å². The van der Waals surface area contributed by atoms with E-state index in [9.17, 15) is 21.6 Å². The van der Waals surface area contributed by atoms with Gasteiger partial charge in [-0.15, -0.1) is 13.2 Å². The summed E-state index contributed by atoms with van der Waals surface area (Å²) in [4.78, 5) is 3.42. The predicted octanol–water partition coefficient (Wildman–Crippen LogP) is 0.945. The van der Waals surface area contributed by atoms with Crippen molar-refractivity contribution in [2.45, 2.75) is 18.3 Å². The number of hydrogen-bond acceptors (Lipinski definition) is 5. The second kappa shape index (κ2) is 4.61. The van der Waals surface area contributed by atoms with Crippen LogP contribution in [0.25, 0.3) is 0 Å². The Kier molecular flexibility index (Phi) is 3.72. The Morgan fingerprint density at radius 1 is 1.39 bits per heavy atom. The number of rotatable bonds is 3. The van der Waals surface area contributed by atoms with Crippen molar-refractivity contribution in [1.29, 1.82) is 0 Å². The molecule has 0 atom stereocenters. The number of nitrogens with two attached hydrogens (primary N) is 1. The fourth-order valence-corrected chi connectivity index (χ4v) is 1.68.